The summed E-state index contributed by atoms with van der Waals surface area (Å²) in [4.78, 5) is 16.5. The van der Waals surface area contributed by atoms with E-state index in [9.17, 15) is 4.79 Å². The number of pyridine rings is 1. The average molecular weight is 340 g/mol. The Labute approximate surface area is 150 Å². The minimum absolute atomic E-state index is 0.0138. The highest BCUT2D eigenvalue weighted by atomic mass is 16.2. The van der Waals surface area contributed by atoms with Crippen molar-refractivity contribution in [1.29, 1.82) is 0 Å². The minimum atomic E-state index is -0.0138. The Morgan fingerprint density at radius 3 is 2.96 bits per heavy atom. The van der Waals surface area contributed by atoms with Gasteiger partial charge in [0.15, 0.2) is 0 Å². The Bertz CT molecular complexity index is 1110. The number of rotatable bonds is 2. The summed E-state index contributed by atoms with van der Waals surface area (Å²) < 4.78 is 0. The van der Waals surface area contributed by atoms with Crippen LogP contribution in [0.3, 0.4) is 0 Å². The molecule has 2 aromatic heterocycles. The SMILES string of the molecule is O=C1NC2=CC=CCC2/C1=C\c1cc(-c2ccncc2)c2cn[nH]c2c1. The van der Waals surface area contributed by atoms with E-state index in [2.05, 4.69) is 32.6 Å². The van der Waals surface area contributed by atoms with Crippen LogP contribution in [-0.4, -0.2) is 21.1 Å². The molecule has 1 fully saturated rings. The third-order valence-electron chi connectivity index (χ3n) is 4.95. The van der Waals surface area contributed by atoms with Gasteiger partial charge in [-0.25, -0.2) is 0 Å². The number of aromatic nitrogens is 3. The lowest BCUT2D eigenvalue weighted by Crippen LogP contribution is -2.13. The van der Waals surface area contributed by atoms with E-state index in [0.717, 1.165) is 45.3 Å². The molecular formula is C21H16N4O. The van der Waals surface area contributed by atoms with Gasteiger partial charge in [-0.1, -0.05) is 12.2 Å². The molecule has 0 spiro atoms. The number of carbonyl (C=O) groups is 1. The zero-order valence-electron chi connectivity index (χ0n) is 13.9. The number of benzene rings is 1. The summed E-state index contributed by atoms with van der Waals surface area (Å²) in [6.07, 6.45) is 14.3. The second kappa shape index (κ2) is 5.81. The first-order chi connectivity index (χ1) is 12.8. The Balaban J connectivity index is 1.65. The summed E-state index contributed by atoms with van der Waals surface area (Å²) in [5.74, 6) is 0.106. The molecule has 0 bridgehead atoms. The number of carbonyl (C=O) groups excluding carboxylic acids is 1. The Kier molecular flexibility index (Phi) is 3.31. The standard InChI is InChI=1S/C21H16N4O/c26-21-17(15-3-1-2-4-19(15)24-21)10-13-9-16(14-5-7-22-8-6-14)18-12-23-25-20(18)11-13/h1-2,4-12,15H,3H2,(H,23,25)(H,24,26)/b17-10+. The molecule has 3 heterocycles. The van der Waals surface area contributed by atoms with Crippen molar-refractivity contribution in [2.24, 2.45) is 5.92 Å². The third kappa shape index (κ3) is 2.37. The van der Waals surface area contributed by atoms with Crippen molar-refractivity contribution in [3.8, 4) is 11.1 Å². The molecule has 2 aliphatic rings. The van der Waals surface area contributed by atoms with Crippen LogP contribution >= 0.6 is 0 Å². The molecule has 1 unspecified atom stereocenters. The normalized spacial score (nSPS) is 20.3. The summed E-state index contributed by atoms with van der Waals surface area (Å²) in [7, 11) is 0. The minimum Gasteiger partial charge on any atom is -0.325 e. The van der Waals surface area contributed by atoms with Crippen molar-refractivity contribution in [2.75, 3.05) is 0 Å². The molecule has 1 aliphatic carbocycles. The van der Waals surface area contributed by atoms with Crippen LogP contribution in [0.4, 0.5) is 0 Å². The fourth-order valence-corrected chi connectivity index (χ4v) is 3.69. The molecule has 1 atom stereocenters. The first-order valence-electron chi connectivity index (χ1n) is 8.57. The Morgan fingerprint density at radius 2 is 2.08 bits per heavy atom. The van der Waals surface area contributed by atoms with E-state index in [0.29, 0.717) is 0 Å². The lowest BCUT2D eigenvalue weighted by Gasteiger charge is -2.12. The van der Waals surface area contributed by atoms with E-state index in [1.54, 1.807) is 12.4 Å². The molecule has 5 nitrogen and oxygen atoms in total. The monoisotopic (exact) mass is 340 g/mol. The zero-order chi connectivity index (χ0) is 17.5. The van der Waals surface area contributed by atoms with Crippen LogP contribution < -0.4 is 5.32 Å². The number of hydrogen-bond acceptors (Lipinski definition) is 3. The van der Waals surface area contributed by atoms with Crippen molar-refractivity contribution in [3.05, 3.63) is 77.9 Å². The molecule has 26 heavy (non-hydrogen) atoms. The summed E-state index contributed by atoms with van der Waals surface area (Å²) in [6, 6.07) is 8.10. The van der Waals surface area contributed by atoms with Crippen molar-refractivity contribution >= 4 is 22.9 Å². The van der Waals surface area contributed by atoms with Gasteiger partial charge in [0, 0.05) is 35.0 Å². The maximum Gasteiger partial charge on any atom is 0.252 e. The third-order valence-corrected chi connectivity index (χ3v) is 4.95. The van der Waals surface area contributed by atoms with E-state index in [1.807, 2.05) is 42.6 Å². The van der Waals surface area contributed by atoms with Gasteiger partial charge < -0.3 is 5.32 Å². The second-order valence-corrected chi connectivity index (χ2v) is 6.53. The van der Waals surface area contributed by atoms with Crippen molar-refractivity contribution < 1.29 is 4.79 Å². The number of nitrogens with one attached hydrogen (secondary N) is 2. The second-order valence-electron chi connectivity index (χ2n) is 6.53. The fourth-order valence-electron chi connectivity index (χ4n) is 3.69. The summed E-state index contributed by atoms with van der Waals surface area (Å²) in [5, 5.41) is 11.3. The van der Waals surface area contributed by atoms with Gasteiger partial charge in [0.2, 0.25) is 0 Å². The maximum absolute atomic E-state index is 12.4. The van der Waals surface area contributed by atoms with Crippen LogP contribution in [-0.2, 0) is 4.79 Å². The predicted molar refractivity (Wildman–Crippen MR) is 101 cm³/mol. The summed E-state index contributed by atoms with van der Waals surface area (Å²) >= 11 is 0. The molecule has 126 valence electrons. The van der Waals surface area contributed by atoms with Crippen molar-refractivity contribution in [2.45, 2.75) is 6.42 Å². The van der Waals surface area contributed by atoms with Crippen LogP contribution in [0.2, 0.25) is 0 Å². The molecule has 1 aromatic carbocycles. The number of nitrogens with zero attached hydrogens (tertiary/aromatic N) is 2. The van der Waals surface area contributed by atoms with Crippen LogP contribution in [0, 0.1) is 5.92 Å². The van der Waals surface area contributed by atoms with Gasteiger partial charge >= 0.3 is 0 Å². The quantitative estimate of drug-likeness (QED) is 0.700. The largest absolute Gasteiger partial charge is 0.325 e. The van der Waals surface area contributed by atoms with E-state index < -0.39 is 0 Å². The Hall–Kier alpha value is -3.47. The fraction of sp³-hybridized carbons (Fsp3) is 0.0952. The first kappa shape index (κ1) is 14.8. The van der Waals surface area contributed by atoms with Crippen LogP contribution in [0.15, 0.2) is 72.4 Å². The van der Waals surface area contributed by atoms with Crippen LogP contribution in [0.1, 0.15) is 12.0 Å². The molecule has 1 amide bonds. The van der Waals surface area contributed by atoms with Gasteiger partial charge in [0.1, 0.15) is 0 Å². The van der Waals surface area contributed by atoms with E-state index in [-0.39, 0.29) is 11.8 Å². The highest BCUT2D eigenvalue weighted by molar-refractivity contribution is 6.04. The van der Waals surface area contributed by atoms with E-state index in [1.165, 1.54) is 0 Å². The van der Waals surface area contributed by atoms with Gasteiger partial charge in [-0.05, 0) is 59.5 Å². The molecule has 3 aromatic rings. The average Bonchev–Trinajstić information content (AvgIpc) is 3.26. The molecule has 1 saturated heterocycles. The topological polar surface area (TPSA) is 70.7 Å². The van der Waals surface area contributed by atoms with Crippen molar-refractivity contribution in [3.63, 3.8) is 0 Å². The molecule has 5 rings (SSSR count). The molecule has 1 aliphatic heterocycles. The van der Waals surface area contributed by atoms with Crippen LogP contribution in [0.5, 0.6) is 0 Å². The van der Waals surface area contributed by atoms with Gasteiger partial charge in [0.25, 0.3) is 5.91 Å². The molecule has 0 saturated carbocycles. The maximum atomic E-state index is 12.4. The number of hydrogen-bond donors (Lipinski definition) is 2. The van der Waals surface area contributed by atoms with Gasteiger partial charge in [0.05, 0.1) is 11.7 Å². The highest BCUT2D eigenvalue weighted by Gasteiger charge is 2.32. The highest BCUT2D eigenvalue weighted by Crippen LogP contribution is 2.35. The molecule has 5 heteroatoms. The Morgan fingerprint density at radius 1 is 1.19 bits per heavy atom. The zero-order valence-corrected chi connectivity index (χ0v) is 13.9. The number of aromatic amines is 1. The number of fused-ring (bicyclic) bond motifs is 2. The lowest BCUT2D eigenvalue weighted by atomic mass is 9.90. The van der Waals surface area contributed by atoms with Crippen LogP contribution in [0.25, 0.3) is 28.1 Å². The smallest absolute Gasteiger partial charge is 0.252 e. The van der Waals surface area contributed by atoms with E-state index >= 15 is 0 Å². The predicted octanol–water partition coefficient (Wildman–Crippen LogP) is 3.60. The molecule has 2 N–H and O–H groups in total. The van der Waals surface area contributed by atoms with E-state index in [4.69, 9.17) is 0 Å². The van der Waals surface area contributed by atoms with Gasteiger partial charge in [-0.15, -0.1) is 0 Å². The number of amides is 1. The lowest BCUT2D eigenvalue weighted by molar-refractivity contribution is -0.115. The summed E-state index contributed by atoms with van der Waals surface area (Å²) in [5.41, 5.74) is 5.87. The number of allylic oxidation sites excluding steroid dienone is 4. The molecular weight excluding hydrogens is 324 g/mol. The molecule has 0 radical (unpaired) electrons. The van der Waals surface area contributed by atoms with Gasteiger partial charge in [-0.2, -0.15) is 5.10 Å². The summed E-state index contributed by atoms with van der Waals surface area (Å²) in [6.45, 7) is 0. The van der Waals surface area contributed by atoms with Gasteiger partial charge in [-0.3, -0.25) is 14.9 Å². The van der Waals surface area contributed by atoms with Crippen molar-refractivity contribution in [1.82, 2.24) is 20.5 Å². The first-order valence-corrected chi connectivity index (χ1v) is 8.57. The number of H-pyrrole nitrogens is 1.